The second-order valence-corrected chi connectivity index (χ2v) is 6.05. The summed E-state index contributed by atoms with van der Waals surface area (Å²) in [5, 5.41) is 3.47. The third kappa shape index (κ3) is 1.93. The van der Waals surface area contributed by atoms with E-state index in [9.17, 15) is 13.6 Å². The zero-order chi connectivity index (χ0) is 13.8. The van der Waals surface area contributed by atoms with Gasteiger partial charge in [-0.1, -0.05) is 23.2 Å². The van der Waals surface area contributed by atoms with Crippen molar-refractivity contribution in [2.75, 3.05) is 5.32 Å². The van der Waals surface area contributed by atoms with E-state index in [2.05, 4.69) is 5.32 Å². The molecule has 1 aliphatic heterocycles. The maximum absolute atomic E-state index is 13.3. The van der Waals surface area contributed by atoms with Crippen molar-refractivity contribution in [3.63, 3.8) is 0 Å². The van der Waals surface area contributed by atoms with Crippen LogP contribution in [-0.2, 0) is 10.2 Å². The van der Waals surface area contributed by atoms with Gasteiger partial charge in [0.05, 0.1) is 16.1 Å². The fourth-order valence-electron chi connectivity index (χ4n) is 2.97. The number of nitrogens with one attached hydrogen (secondary N) is 1. The number of rotatable bonds is 0. The lowest BCUT2D eigenvalue weighted by atomic mass is 9.69. The zero-order valence-corrected chi connectivity index (χ0v) is 11.4. The van der Waals surface area contributed by atoms with E-state index in [0.717, 1.165) is 0 Å². The van der Waals surface area contributed by atoms with Crippen molar-refractivity contribution in [2.45, 2.75) is 37.0 Å². The molecule has 2 nitrogen and oxygen atoms in total. The summed E-state index contributed by atoms with van der Waals surface area (Å²) in [5.41, 5.74) is 0.276. The second-order valence-electron chi connectivity index (χ2n) is 5.20. The van der Waals surface area contributed by atoms with E-state index in [1.165, 1.54) is 0 Å². The summed E-state index contributed by atoms with van der Waals surface area (Å²) in [7, 11) is 0. The Hall–Kier alpha value is -0.870. The number of fused-ring (bicyclic) bond motifs is 2. The molecule has 1 aliphatic carbocycles. The lowest BCUT2D eigenvalue weighted by Crippen LogP contribution is -2.41. The average Bonchev–Trinajstić information content (AvgIpc) is 2.58. The third-order valence-corrected chi connectivity index (χ3v) is 4.60. The van der Waals surface area contributed by atoms with Gasteiger partial charge in [-0.3, -0.25) is 4.79 Å². The summed E-state index contributed by atoms with van der Waals surface area (Å²) >= 11 is 12.0. The monoisotopic (exact) mass is 305 g/mol. The summed E-state index contributed by atoms with van der Waals surface area (Å²) in [6, 6.07) is 3.20. The van der Waals surface area contributed by atoms with Crippen LogP contribution in [0.4, 0.5) is 14.5 Å². The second kappa shape index (κ2) is 4.06. The molecule has 1 saturated carbocycles. The minimum absolute atomic E-state index is 0.121. The van der Waals surface area contributed by atoms with Crippen LogP contribution in [-0.4, -0.2) is 11.8 Å². The topological polar surface area (TPSA) is 29.1 Å². The number of anilines is 1. The molecule has 0 saturated heterocycles. The molecule has 1 heterocycles. The zero-order valence-electron chi connectivity index (χ0n) is 9.90. The number of amides is 1. The summed E-state index contributed by atoms with van der Waals surface area (Å²) in [5.74, 6) is -2.93. The molecule has 6 heteroatoms. The molecule has 0 atom stereocenters. The van der Waals surface area contributed by atoms with Crippen molar-refractivity contribution < 1.29 is 13.6 Å². The third-order valence-electron chi connectivity index (χ3n) is 4.08. The Morgan fingerprint density at radius 3 is 2.37 bits per heavy atom. The molecule has 1 aromatic carbocycles. The maximum Gasteiger partial charge on any atom is 0.248 e. The first-order valence-electron chi connectivity index (χ1n) is 6.03. The van der Waals surface area contributed by atoms with Crippen molar-refractivity contribution in [2.24, 2.45) is 0 Å². The van der Waals surface area contributed by atoms with Crippen LogP contribution in [0.3, 0.4) is 0 Å². The first-order valence-corrected chi connectivity index (χ1v) is 6.78. The fourth-order valence-corrected chi connectivity index (χ4v) is 3.51. The molecule has 19 heavy (non-hydrogen) atoms. The van der Waals surface area contributed by atoms with Gasteiger partial charge < -0.3 is 5.32 Å². The molecule has 0 radical (unpaired) electrons. The molecule has 3 rings (SSSR count). The van der Waals surface area contributed by atoms with Gasteiger partial charge in [0.1, 0.15) is 0 Å². The summed E-state index contributed by atoms with van der Waals surface area (Å²) in [6.07, 6.45) is -0.334. The van der Waals surface area contributed by atoms with Crippen molar-refractivity contribution >= 4 is 34.8 Å². The largest absolute Gasteiger partial charge is 0.324 e. The van der Waals surface area contributed by atoms with E-state index >= 15 is 0 Å². The van der Waals surface area contributed by atoms with Gasteiger partial charge in [-0.05, 0) is 30.5 Å². The predicted molar refractivity (Wildman–Crippen MR) is 70.2 cm³/mol. The smallest absolute Gasteiger partial charge is 0.248 e. The van der Waals surface area contributed by atoms with Crippen LogP contribution in [0.15, 0.2) is 12.1 Å². The van der Waals surface area contributed by atoms with Gasteiger partial charge in [0.15, 0.2) is 0 Å². The standard InChI is InChI=1S/C13H11Cl2F2NO/c14-7-5-8-10(9(15)6-7)18-11(19)12(8)1-3-13(16,17)4-2-12/h5-6H,1-4H2,(H,18,19). The number of alkyl halides is 2. The quantitative estimate of drug-likeness (QED) is 0.756. The van der Waals surface area contributed by atoms with Gasteiger partial charge in [-0.2, -0.15) is 0 Å². The molecule has 0 unspecified atom stereocenters. The highest BCUT2D eigenvalue weighted by Crippen LogP contribution is 2.53. The van der Waals surface area contributed by atoms with Gasteiger partial charge in [0.2, 0.25) is 11.8 Å². The van der Waals surface area contributed by atoms with Crippen molar-refractivity contribution in [1.29, 1.82) is 0 Å². The molecular weight excluding hydrogens is 295 g/mol. The number of halogens is 4. The Morgan fingerprint density at radius 2 is 1.74 bits per heavy atom. The highest BCUT2D eigenvalue weighted by molar-refractivity contribution is 6.37. The van der Waals surface area contributed by atoms with E-state index in [4.69, 9.17) is 23.2 Å². The lowest BCUT2D eigenvalue weighted by molar-refractivity contribution is -0.125. The van der Waals surface area contributed by atoms with Crippen molar-refractivity contribution in [1.82, 2.24) is 0 Å². The van der Waals surface area contributed by atoms with E-state index < -0.39 is 11.3 Å². The Morgan fingerprint density at radius 1 is 1.11 bits per heavy atom. The molecule has 1 amide bonds. The minimum Gasteiger partial charge on any atom is -0.324 e. The number of carbonyl (C=O) groups excluding carboxylic acids is 1. The Bertz CT molecular complexity index is 564. The van der Waals surface area contributed by atoms with Gasteiger partial charge in [-0.15, -0.1) is 0 Å². The van der Waals surface area contributed by atoms with Gasteiger partial charge in [0, 0.05) is 17.9 Å². The molecular formula is C13H11Cl2F2NO. The van der Waals surface area contributed by atoms with Crippen LogP contribution >= 0.6 is 23.2 Å². The highest BCUT2D eigenvalue weighted by atomic mass is 35.5. The van der Waals surface area contributed by atoms with E-state index in [0.29, 0.717) is 21.3 Å². The maximum atomic E-state index is 13.3. The summed E-state index contributed by atoms with van der Waals surface area (Å²) < 4.78 is 26.6. The summed E-state index contributed by atoms with van der Waals surface area (Å²) in [4.78, 5) is 12.2. The van der Waals surface area contributed by atoms with Gasteiger partial charge >= 0.3 is 0 Å². The lowest BCUT2D eigenvalue weighted by Gasteiger charge is -2.35. The highest BCUT2D eigenvalue weighted by Gasteiger charge is 2.53. The average molecular weight is 306 g/mol. The van der Waals surface area contributed by atoms with E-state index in [1.807, 2.05) is 0 Å². The molecule has 102 valence electrons. The number of hydrogen-bond donors (Lipinski definition) is 1. The summed E-state index contributed by atoms with van der Waals surface area (Å²) in [6.45, 7) is 0. The normalized spacial score (nSPS) is 23.3. The SMILES string of the molecule is O=C1Nc2c(Cl)cc(Cl)cc2C12CCC(F)(F)CC2. The van der Waals surface area contributed by atoms with E-state index in [-0.39, 0.29) is 31.6 Å². The molecule has 1 N–H and O–H groups in total. The Kier molecular flexibility index (Phi) is 2.81. The minimum atomic E-state index is -2.68. The van der Waals surface area contributed by atoms with Crippen LogP contribution in [0.1, 0.15) is 31.2 Å². The molecule has 1 aromatic rings. The van der Waals surface area contributed by atoms with Crippen LogP contribution in [0.2, 0.25) is 10.0 Å². The molecule has 0 bridgehead atoms. The first kappa shape index (κ1) is 13.1. The van der Waals surface area contributed by atoms with E-state index in [1.54, 1.807) is 12.1 Å². The van der Waals surface area contributed by atoms with Crippen LogP contribution in [0.25, 0.3) is 0 Å². The molecule has 1 spiro atoms. The Balaban J connectivity index is 2.08. The van der Waals surface area contributed by atoms with Crippen molar-refractivity contribution in [3.05, 3.63) is 27.7 Å². The molecule has 2 aliphatic rings. The number of carbonyl (C=O) groups is 1. The molecule has 1 fully saturated rings. The first-order chi connectivity index (χ1) is 8.84. The predicted octanol–water partition coefficient (Wildman–Crippen LogP) is 4.39. The van der Waals surface area contributed by atoms with Gasteiger partial charge in [0.25, 0.3) is 0 Å². The van der Waals surface area contributed by atoms with Crippen LogP contribution in [0.5, 0.6) is 0 Å². The van der Waals surface area contributed by atoms with Crippen LogP contribution in [0, 0.1) is 0 Å². The number of benzene rings is 1. The molecule has 0 aromatic heterocycles. The Labute approximate surface area is 119 Å². The van der Waals surface area contributed by atoms with Crippen molar-refractivity contribution in [3.8, 4) is 0 Å². The fraction of sp³-hybridized carbons (Fsp3) is 0.462. The van der Waals surface area contributed by atoms with Crippen LogP contribution < -0.4 is 5.32 Å². The number of hydrogen-bond acceptors (Lipinski definition) is 1. The van der Waals surface area contributed by atoms with Gasteiger partial charge in [-0.25, -0.2) is 8.78 Å².